The molecule has 1 fully saturated rings. The monoisotopic (exact) mass is 227 g/mol. The van der Waals surface area contributed by atoms with Gasteiger partial charge in [-0.1, -0.05) is 23.8 Å². The first kappa shape index (κ1) is 11.2. The van der Waals surface area contributed by atoms with Crippen molar-refractivity contribution in [2.75, 3.05) is 13.1 Å². The van der Waals surface area contributed by atoms with Crippen LogP contribution in [0.2, 0.25) is 0 Å². The van der Waals surface area contributed by atoms with Crippen molar-refractivity contribution in [3.8, 4) is 0 Å². The average molecular weight is 227 g/mol. The third kappa shape index (κ3) is 2.64. The summed E-state index contributed by atoms with van der Waals surface area (Å²) in [5.74, 6) is 0. The molecule has 0 aliphatic carbocycles. The van der Waals surface area contributed by atoms with E-state index in [4.69, 9.17) is 0 Å². The molecule has 0 saturated carbocycles. The molecule has 1 saturated heterocycles. The van der Waals surface area contributed by atoms with Crippen LogP contribution in [0.3, 0.4) is 0 Å². The van der Waals surface area contributed by atoms with Crippen molar-refractivity contribution in [2.45, 2.75) is 12.6 Å². The van der Waals surface area contributed by atoms with E-state index in [-0.39, 0.29) is 0 Å². The smallest absolute Gasteiger partial charge is 0.313 e. The molecule has 0 radical (unpaired) electrons. The highest BCUT2D eigenvalue weighted by Gasteiger charge is 2.30. The zero-order valence-corrected chi connectivity index (χ0v) is 8.64. The molecule has 16 heavy (non-hydrogen) atoms. The number of hydrogen-bond donors (Lipinski definition) is 1. The van der Waals surface area contributed by atoms with Crippen LogP contribution in [0.15, 0.2) is 29.8 Å². The first-order valence-electron chi connectivity index (χ1n) is 5.13. The van der Waals surface area contributed by atoms with Gasteiger partial charge in [0, 0.05) is 6.54 Å². The minimum absolute atomic E-state index is 0.590. The zero-order chi connectivity index (χ0) is 11.6. The van der Waals surface area contributed by atoms with Crippen LogP contribution in [-0.4, -0.2) is 13.1 Å². The lowest BCUT2D eigenvalue weighted by Gasteiger charge is -2.07. The van der Waals surface area contributed by atoms with Crippen LogP contribution in [0, 0.1) is 0 Å². The molecule has 1 nitrogen and oxygen atoms in total. The maximum absolute atomic E-state index is 12.4. The summed E-state index contributed by atoms with van der Waals surface area (Å²) in [6.45, 7) is 1.68. The molecular weight excluding hydrogens is 215 g/mol. The number of halogens is 3. The second kappa shape index (κ2) is 4.29. The lowest BCUT2D eigenvalue weighted by molar-refractivity contribution is -0.137. The molecule has 0 atom stereocenters. The molecule has 1 aliphatic heterocycles. The van der Waals surface area contributed by atoms with E-state index in [1.54, 1.807) is 6.07 Å². The first-order valence-corrected chi connectivity index (χ1v) is 5.13. The van der Waals surface area contributed by atoms with Crippen molar-refractivity contribution in [1.29, 1.82) is 0 Å². The molecule has 0 amide bonds. The van der Waals surface area contributed by atoms with Gasteiger partial charge in [-0.25, -0.2) is 0 Å². The van der Waals surface area contributed by atoms with E-state index in [0.29, 0.717) is 5.56 Å². The Labute approximate surface area is 92.0 Å². The van der Waals surface area contributed by atoms with E-state index < -0.39 is 11.7 Å². The number of alkyl halides is 3. The van der Waals surface area contributed by atoms with Crippen LogP contribution in [0.1, 0.15) is 17.5 Å². The Balaban J connectivity index is 2.25. The third-order valence-corrected chi connectivity index (χ3v) is 2.56. The Morgan fingerprint density at radius 3 is 2.69 bits per heavy atom. The van der Waals surface area contributed by atoms with Gasteiger partial charge in [0.25, 0.3) is 0 Å². The maximum atomic E-state index is 12.4. The zero-order valence-electron chi connectivity index (χ0n) is 8.64. The summed E-state index contributed by atoms with van der Waals surface area (Å²) in [6, 6.07) is 5.42. The van der Waals surface area contributed by atoms with Crippen LogP contribution in [0.5, 0.6) is 0 Å². The van der Waals surface area contributed by atoms with Crippen molar-refractivity contribution in [1.82, 2.24) is 5.32 Å². The average Bonchev–Trinajstić information content (AvgIpc) is 2.70. The quantitative estimate of drug-likeness (QED) is 0.777. The first-order chi connectivity index (χ1) is 7.55. The van der Waals surface area contributed by atoms with E-state index in [0.717, 1.165) is 31.1 Å². The van der Waals surface area contributed by atoms with Gasteiger partial charge in [0.2, 0.25) is 0 Å². The van der Waals surface area contributed by atoms with Gasteiger partial charge in [0.15, 0.2) is 0 Å². The standard InChI is InChI=1S/C12H12F3N/c13-12(14,15)11-3-1-2-9(7-11)6-10-4-5-16-8-10/h1-3,6-7,16H,4-5,8H2. The minimum Gasteiger partial charge on any atom is -0.313 e. The Hall–Kier alpha value is -1.29. The van der Waals surface area contributed by atoms with E-state index in [1.165, 1.54) is 12.1 Å². The van der Waals surface area contributed by atoms with Crippen LogP contribution in [0.25, 0.3) is 6.08 Å². The normalized spacial score (nSPS) is 19.3. The number of hydrogen-bond acceptors (Lipinski definition) is 1. The Kier molecular flexibility index (Phi) is 3.01. The molecule has 0 aromatic heterocycles. The lowest BCUT2D eigenvalue weighted by Crippen LogP contribution is -2.05. The summed E-state index contributed by atoms with van der Waals surface area (Å²) in [5, 5.41) is 3.15. The fraction of sp³-hybridized carbons (Fsp3) is 0.333. The fourth-order valence-electron chi connectivity index (χ4n) is 1.75. The fourth-order valence-corrected chi connectivity index (χ4v) is 1.75. The Bertz CT molecular complexity index is 399. The van der Waals surface area contributed by atoms with Gasteiger partial charge in [-0.2, -0.15) is 13.2 Å². The van der Waals surface area contributed by atoms with Gasteiger partial charge in [0.1, 0.15) is 0 Å². The van der Waals surface area contributed by atoms with Crippen LogP contribution in [-0.2, 0) is 6.18 Å². The topological polar surface area (TPSA) is 12.0 Å². The van der Waals surface area contributed by atoms with Gasteiger partial charge in [0.05, 0.1) is 5.56 Å². The number of nitrogens with one attached hydrogen (secondary N) is 1. The predicted octanol–water partition coefficient (Wildman–Crippen LogP) is 3.08. The number of benzene rings is 1. The Morgan fingerprint density at radius 2 is 2.06 bits per heavy atom. The molecule has 4 heteroatoms. The molecule has 0 unspecified atom stereocenters. The lowest BCUT2D eigenvalue weighted by atomic mass is 10.1. The highest BCUT2D eigenvalue weighted by molar-refractivity contribution is 5.55. The largest absolute Gasteiger partial charge is 0.416 e. The van der Waals surface area contributed by atoms with Crippen LogP contribution >= 0.6 is 0 Å². The molecule has 1 aromatic carbocycles. The van der Waals surface area contributed by atoms with E-state index >= 15 is 0 Å². The van der Waals surface area contributed by atoms with E-state index in [9.17, 15) is 13.2 Å². The van der Waals surface area contributed by atoms with Gasteiger partial charge >= 0.3 is 6.18 Å². The molecular formula is C12H12F3N. The van der Waals surface area contributed by atoms with Gasteiger partial charge in [-0.3, -0.25) is 0 Å². The van der Waals surface area contributed by atoms with E-state index in [2.05, 4.69) is 5.32 Å². The van der Waals surface area contributed by atoms with Gasteiger partial charge < -0.3 is 5.32 Å². The predicted molar refractivity (Wildman–Crippen MR) is 56.9 cm³/mol. The highest BCUT2D eigenvalue weighted by Crippen LogP contribution is 2.30. The second-order valence-electron chi connectivity index (χ2n) is 3.85. The summed E-state index contributed by atoms with van der Waals surface area (Å²) >= 11 is 0. The van der Waals surface area contributed by atoms with E-state index in [1.807, 2.05) is 6.08 Å². The minimum atomic E-state index is -4.26. The molecule has 1 aromatic rings. The molecule has 86 valence electrons. The number of rotatable bonds is 1. The molecule has 0 spiro atoms. The summed E-state index contributed by atoms with van der Waals surface area (Å²) in [6.07, 6.45) is -1.52. The second-order valence-corrected chi connectivity index (χ2v) is 3.85. The van der Waals surface area contributed by atoms with Crippen molar-refractivity contribution in [3.05, 3.63) is 41.0 Å². The molecule has 0 bridgehead atoms. The van der Waals surface area contributed by atoms with Crippen molar-refractivity contribution in [2.24, 2.45) is 0 Å². The SMILES string of the molecule is FC(F)(F)c1cccc(C=C2CCNC2)c1. The third-order valence-electron chi connectivity index (χ3n) is 2.56. The molecule has 1 heterocycles. The van der Waals surface area contributed by atoms with Crippen LogP contribution in [0.4, 0.5) is 13.2 Å². The van der Waals surface area contributed by atoms with Gasteiger partial charge in [-0.15, -0.1) is 0 Å². The van der Waals surface area contributed by atoms with Crippen molar-refractivity contribution in [3.63, 3.8) is 0 Å². The summed E-state index contributed by atoms with van der Waals surface area (Å²) in [4.78, 5) is 0. The summed E-state index contributed by atoms with van der Waals surface area (Å²) in [5.41, 5.74) is 1.18. The Morgan fingerprint density at radius 1 is 1.25 bits per heavy atom. The van der Waals surface area contributed by atoms with Gasteiger partial charge in [-0.05, 0) is 30.7 Å². The van der Waals surface area contributed by atoms with Crippen LogP contribution < -0.4 is 5.32 Å². The summed E-state index contributed by atoms with van der Waals surface area (Å²) in [7, 11) is 0. The maximum Gasteiger partial charge on any atom is 0.416 e. The molecule has 1 N–H and O–H groups in total. The molecule has 2 rings (SSSR count). The highest BCUT2D eigenvalue weighted by atomic mass is 19.4. The van der Waals surface area contributed by atoms with Crippen molar-refractivity contribution < 1.29 is 13.2 Å². The molecule has 1 aliphatic rings. The summed E-state index contributed by atoms with van der Waals surface area (Å²) < 4.78 is 37.3. The van der Waals surface area contributed by atoms with Crippen molar-refractivity contribution >= 4 is 6.08 Å².